The first kappa shape index (κ1) is 29.6. The molecule has 1 aromatic carbocycles. The molecule has 0 amide bonds. The molecule has 0 aromatic heterocycles. The van der Waals surface area contributed by atoms with E-state index in [1.54, 1.807) is 24.3 Å². The first-order valence-electron chi connectivity index (χ1n) is 16.0. The molecule has 4 nitrogen and oxygen atoms in total. The Morgan fingerprint density at radius 2 is 1.54 bits per heavy atom. The van der Waals surface area contributed by atoms with Gasteiger partial charge in [-0.25, -0.2) is 8.42 Å². The van der Waals surface area contributed by atoms with Gasteiger partial charge in [-0.1, -0.05) is 52.8 Å². The summed E-state index contributed by atoms with van der Waals surface area (Å²) in [5.41, 5.74) is 0.657. The van der Waals surface area contributed by atoms with Crippen LogP contribution < -0.4 is 0 Å². The summed E-state index contributed by atoms with van der Waals surface area (Å²) in [4.78, 5) is 0.386. The van der Waals surface area contributed by atoms with E-state index in [9.17, 15) is 18.6 Å². The van der Waals surface area contributed by atoms with Gasteiger partial charge in [0.25, 0.3) is 0 Å². The fourth-order valence-electron chi connectivity index (χ4n) is 10.5. The highest BCUT2D eigenvalue weighted by molar-refractivity contribution is 7.92. The number of aliphatic hydroxyl groups is 2. The van der Waals surface area contributed by atoms with E-state index < -0.39 is 21.2 Å². The molecule has 4 saturated carbocycles. The van der Waals surface area contributed by atoms with Crippen molar-refractivity contribution in [3.63, 3.8) is 0 Å². The van der Waals surface area contributed by atoms with E-state index in [2.05, 4.69) is 20.8 Å². The third-order valence-corrected chi connectivity index (χ3v) is 15.0. The van der Waals surface area contributed by atoms with Gasteiger partial charge in [-0.05, 0) is 135 Å². The third kappa shape index (κ3) is 5.27. The maximum absolute atomic E-state index is 13.9. The predicted molar refractivity (Wildman–Crippen MR) is 158 cm³/mol. The normalized spacial score (nSPS) is 40.8. The molecular weight excluding hydrogens is 504 g/mol. The summed E-state index contributed by atoms with van der Waals surface area (Å²) in [6, 6.07) is 8.89. The molecule has 0 aliphatic heterocycles. The fourth-order valence-corrected chi connectivity index (χ4v) is 12.4. The molecule has 5 rings (SSSR count). The van der Waals surface area contributed by atoms with Gasteiger partial charge in [0.15, 0.2) is 9.84 Å². The highest BCUT2D eigenvalue weighted by Gasteiger charge is 2.60. The molecule has 5 heteroatoms. The van der Waals surface area contributed by atoms with Crippen LogP contribution in [0.25, 0.3) is 0 Å². The zero-order chi connectivity index (χ0) is 28.2. The number of rotatable bonds is 8. The molecule has 4 aliphatic rings. The molecule has 0 saturated heterocycles. The standard InChI is InChI=1S/C34H54O4S/c1-22(2)32(36)21-27(39(37,38)26-9-7-6-8-10-26)19-23(3)29-13-14-30-28-12-11-24-20-25(35)15-17-33(24,4)31(28)16-18-34(29,30)5/h6-10,22-25,27-32,35-36H,11-21H2,1-5H3/t23-,24+,25+,27?,28+,29-,30?,31+,32-,33+,34-/m1/s1. The topological polar surface area (TPSA) is 74.6 Å². The smallest absolute Gasteiger partial charge is 0.181 e. The minimum Gasteiger partial charge on any atom is -0.393 e. The fraction of sp³-hybridized carbons (Fsp3) is 0.824. The molecule has 1 aromatic rings. The van der Waals surface area contributed by atoms with Crippen molar-refractivity contribution in [2.24, 2.45) is 52.3 Å². The number of aliphatic hydroxyl groups excluding tert-OH is 2. The molecule has 39 heavy (non-hydrogen) atoms. The maximum Gasteiger partial charge on any atom is 0.181 e. The Morgan fingerprint density at radius 3 is 2.23 bits per heavy atom. The zero-order valence-electron chi connectivity index (χ0n) is 25.1. The molecule has 2 N–H and O–H groups in total. The molecule has 4 fully saturated rings. The Bertz CT molecular complexity index is 1090. The van der Waals surface area contributed by atoms with Gasteiger partial charge in [0.2, 0.25) is 0 Å². The second kappa shape index (κ2) is 11.1. The van der Waals surface area contributed by atoms with Crippen LogP contribution in [0.1, 0.15) is 105 Å². The number of hydrogen-bond acceptors (Lipinski definition) is 4. The minimum atomic E-state index is -3.53. The van der Waals surface area contributed by atoms with E-state index >= 15 is 0 Å². The Morgan fingerprint density at radius 1 is 0.872 bits per heavy atom. The summed E-state index contributed by atoms with van der Waals surface area (Å²) in [5, 5.41) is 20.6. The van der Waals surface area contributed by atoms with Gasteiger partial charge in [0.1, 0.15) is 0 Å². The van der Waals surface area contributed by atoms with Crippen LogP contribution in [-0.4, -0.2) is 36.1 Å². The molecule has 11 atom stereocenters. The lowest BCUT2D eigenvalue weighted by Crippen LogP contribution is -2.54. The maximum atomic E-state index is 13.9. The van der Waals surface area contributed by atoms with E-state index in [4.69, 9.17) is 0 Å². The number of hydrogen-bond donors (Lipinski definition) is 2. The van der Waals surface area contributed by atoms with Gasteiger partial charge in [0, 0.05) is 0 Å². The van der Waals surface area contributed by atoms with Crippen molar-refractivity contribution < 1.29 is 18.6 Å². The van der Waals surface area contributed by atoms with Crippen molar-refractivity contribution in [3.8, 4) is 0 Å². The van der Waals surface area contributed by atoms with Crippen molar-refractivity contribution in [2.45, 2.75) is 128 Å². The Labute approximate surface area is 238 Å². The first-order valence-corrected chi connectivity index (χ1v) is 17.6. The molecule has 0 bridgehead atoms. The van der Waals surface area contributed by atoms with Crippen molar-refractivity contribution in [3.05, 3.63) is 30.3 Å². The molecule has 0 radical (unpaired) electrons. The average Bonchev–Trinajstić information content (AvgIpc) is 3.26. The summed E-state index contributed by atoms with van der Waals surface area (Å²) >= 11 is 0. The number of fused-ring (bicyclic) bond motifs is 5. The summed E-state index contributed by atoms with van der Waals surface area (Å²) in [6.45, 7) is 11.4. The molecule has 4 aliphatic carbocycles. The van der Waals surface area contributed by atoms with Gasteiger partial charge in [-0.15, -0.1) is 0 Å². The van der Waals surface area contributed by atoms with Gasteiger partial charge in [-0.3, -0.25) is 0 Å². The summed E-state index contributed by atoms with van der Waals surface area (Å²) < 4.78 is 27.7. The van der Waals surface area contributed by atoms with E-state index in [1.165, 1.54) is 44.9 Å². The van der Waals surface area contributed by atoms with E-state index in [1.807, 2.05) is 19.9 Å². The number of sulfone groups is 1. The molecule has 220 valence electrons. The quantitative estimate of drug-likeness (QED) is 0.352. The predicted octanol–water partition coefficient (Wildman–Crippen LogP) is 7.28. The first-order chi connectivity index (χ1) is 18.4. The molecule has 0 heterocycles. The van der Waals surface area contributed by atoms with Gasteiger partial charge < -0.3 is 10.2 Å². The van der Waals surface area contributed by atoms with E-state index in [0.717, 1.165) is 30.6 Å². The monoisotopic (exact) mass is 558 g/mol. The minimum absolute atomic E-state index is 0.0369. The van der Waals surface area contributed by atoms with Crippen LogP contribution in [-0.2, 0) is 9.84 Å². The number of benzene rings is 1. The zero-order valence-corrected chi connectivity index (χ0v) is 25.9. The van der Waals surface area contributed by atoms with Crippen LogP contribution in [0.4, 0.5) is 0 Å². The second-order valence-corrected chi connectivity index (χ2v) is 17.3. The van der Waals surface area contributed by atoms with Crippen molar-refractivity contribution in [1.29, 1.82) is 0 Å². The molecular formula is C34H54O4S. The second-order valence-electron chi connectivity index (χ2n) is 15.1. The summed E-state index contributed by atoms with van der Waals surface area (Å²) in [7, 11) is -3.53. The van der Waals surface area contributed by atoms with Gasteiger partial charge in [0.05, 0.1) is 22.4 Å². The Balaban J connectivity index is 1.35. The Hall–Kier alpha value is -0.910. The van der Waals surface area contributed by atoms with Crippen LogP contribution in [0.5, 0.6) is 0 Å². The van der Waals surface area contributed by atoms with Crippen LogP contribution in [0.2, 0.25) is 0 Å². The van der Waals surface area contributed by atoms with Crippen molar-refractivity contribution in [1.82, 2.24) is 0 Å². The molecule has 2 unspecified atom stereocenters. The largest absolute Gasteiger partial charge is 0.393 e. The average molecular weight is 559 g/mol. The van der Waals surface area contributed by atoms with E-state index in [-0.39, 0.29) is 17.4 Å². The third-order valence-electron chi connectivity index (χ3n) is 12.8. The lowest BCUT2D eigenvalue weighted by atomic mass is 9.44. The van der Waals surface area contributed by atoms with Crippen molar-refractivity contribution in [2.75, 3.05) is 0 Å². The summed E-state index contributed by atoms with van der Waals surface area (Å²) in [6.07, 6.45) is 11.0. The molecule has 0 spiro atoms. The van der Waals surface area contributed by atoms with Crippen LogP contribution in [0.3, 0.4) is 0 Å². The van der Waals surface area contributed by atoms with Crippen LogP contribution in [0, 0.1) is 52.3 Å². The van der Waals surface area contributed by atoms with Gasteiger partial charge >= 0.3 is 0 Å². The van der Waals surface area contributed by atoms with Crippen LogP contribution >= 0.6 is 0 Å². The highest BCUT2D eigenvalue weighted by Crippen LogP contribution is 2.68. The summed E-state index contributed by atoms with van der Waals surface area (Å²) in [5.74, 6) is 3.85. The lowest BCUT2D eigenvalue weighted by Gasteiger charge is -2.61. The SMILES string of the molecule is CC(C)[C@H](O)CC(C[C@@H](C)[C@H]1CCC2[C@@H]3CC[C@H]4C[C@@H](O)CC[C@]4(C)[C@H]3CC[C@@]21C)S(=O)(=O)c1ccccc1. The highest BCUT2D eigenvalue weighted by atomic mass is 32.2. The van der Waals surface area contributed by atoms with Gasteiger partial charge in [-0.2, -0.15) is 0 Å². The Kier molecular flexibility index (Phi) is 8.39. The van der Waals surface area contributed by atoms with E-state index in [0.29, 0.717) is 40.9 Å². The van der Waals surface area contributed by atoms with Crippen LogP contribution in [0.15, 0.2) is 35.2 Å². The lowest BCUT2D eigenvalue weighted by molar-refractivity contribution is -0.129. The van der Waals surface area contributed by atoms with Crippen molar-refractivity contribution >= 4 is 9.84 Å².